The van der Waals surface area contributed by atoms with Crippen LogP contribution in [-0.2, 0) is 20.7 Å². The molecule has 2 aliphatic heterocycles. The number of piperidine rings is 1. The summed E-state index contributed by atoms with van der Waals surface area (Å²) in [5, 5.41) is 15.0. The summed E-state index contributed by atoms with van der Waals surface area (Å²) < 4.78 is 6.17. The van der Waals surface area contributed by atoms with Gasteiger partial charge in [0.25, 0.3) is 11.8 Å². The quantitative estimate of drug-likeness (QED) is 0.224. The zero-order chi connectivity index (χ0) is 37.5. The first-order valence-electron chi connectivity index (χ1n) is 18.3. The number of likely N-dealkylation sites (tertiary alicyclic amines) is 1. The molecule has 0 saturated carbocycles. The number of nitriles is 1. The van der Waals surface area contributed by atoms with Crippen LogP contribution in [0.3, 0.4) is 0 Å². The Bertz CT molecular complexity index is 1810. The van der Waals surface area contributed by atoms with E-state index in [0.717, 1.165) is 54.6 Å². The van der Waals surface area contributed by atoms with E-state index < -0.39 is 11.1 Å². The number of ether oxygens (including phenoxy) is 1. The van der Waals surface area contributed by atoms with Crippen LogP contribution in [0, 0.1) is 11.3 Å². The van der Waals surface area contributed by atoms with E-state index in [2.05, 4.69) is 16.7 Å². The van der Waals surface area contributed by atoms with Crippen molar-refractivity contribution in [2.75, 3.05) is 37.7 Å². The smallest absolute Gasteiger partial charge is 0.251 e. The molecule has 0 aliphatic carbocycles. The van der Waals surface area contributed by atoms with Gasteiger partial charge < -0.3 is 25.2 Å². The Labute approximate surface area is 307 Å². The van der Waals surface area contributed by atoms with E-state index in [4.69, 9.17) is 10.00 Å². The highest BCUT2D eigenvalue weighted by molar-refractivity contribution is 5.96. The lowest BCUT2D eigenvalue weighted by molar-refractivity contribution is -0.131. The van der Waals surface area contributed by atoms with Gasteiger partial charge in [-0.3, -0.25) is 19.2 Å². The standard InChI is InChI=1S/C42H51N5O5/c1-29(48)47-24-7-8-35-26-34(18-19-37(35)47)30-10-16-33(17-11-30)40(51)45-41(2,3)21-25-52-42(4,5)28-44-39(50)32-14-12-31(13-15-32)36-9-6-23-46(27-36)38(49)20-22-43/h10-19,26,36H,6-9,20-21,23-25,27-28H2,1-5H3,(H,44,50)(H,45,51). The maximum absolute atomic E-state index is 13.2. The van der Waals surface area contributed by atoms with E-state index in [0.29, 0.717) is 43.8 Å². The monoisotopic (exact) mass is 705 g/mol. The lowest BCUT2D eigenvalue weighted by Crippen LogP contribution is -2.46. The van der Waals surface area contributed by atoms with E-state index in [1.807, 2.05) is 99.3 Å². The number of hydrogen-bond donors (Lipinski definition) is 2. The first-order chi connectivity index (χ1) is 24.7. The van der Waals surface area contributed by atoms with Crippen molar-refractivity contribution in [3.63, 3.8) is 0 Å². The van der Waals surface area contributed by atoms with Gasteiger partial charge in [-0.2, -0.15) is 5.26 Å². The number of fused-ring (bicyclic) bond motifs is 1. The molecule has 3 aromatic rings. The van der Waals surface area contributed by atoms with Crippen LogP contribution in [0.4, 0.5) is 5.69 Å². The third-order valence-corrected chi connectivity index (χ3v) is 10.1. The second-order valence-corrected chi connectivity index (χ2v) is 15.2. The number of hydrogen-bond acceptors (Lipinski definition) is 6. The fourth-order valence-corrected chi connectivity index (χ4v) is 6.95. The number of carbonyl (C=O) groups excluding carboxylic acids is 4. The molecule has 5 rings (SSSR count). The first-order valence-corrected chi connectivity index (χ1v) is 18.3. The number of aryl methyl sites for hydroxylation is 1. The molecule has 10 heteroatoms. The summed E-state index contributed by atoms with van der Waals surface area (Å²) in [5.74, 6) is -0.240. The van der Waals surface area contributed by atoms with Crippen LogP contribution >= 0.6 is 0 Å². The van der Waals surface area contributed by atoms with Gasteiger partial charge in [-0.1, -0.05) is 30.3 Å². The molecule has 1 fully saturated rings. The number of benzene rings is 3. The summed E-state index contributed by atoms with van der Waals surface area (Å²) >= 11 is 0. The van der Waals surface area contributed by atoms with Gasteiger partial charge in [0.05, 0.1) is 11.7 Å². The number of anilines is 1. The normalized spacial score (nSPS) is 16.0. The molecule has 1 saturated heterocycles. The van der Waals surface area contributed by atoms with Crippen molar-refractivity contribution in [3.05, 3.63) is 89.0 Å². The van der Waals surface area contributed by atoms with Crippen molar-refractivity contribution in [2.24, 2.45) is 0 Å². The summed E-state index contributed by atoms with van der Waals surface area (Å²) in [6.07, 6.45) is 4.20. The number of carbonyl (C=O) groups is 4. The first kappa shape index (κ1) is 38.2. The van der Waals surface area contributed by atoms with Gasteiger partial charge in [0.15, 0.2) is 0 Å². The average Bonchev–Trinajstić information content (AvgIpc) is 3.13. The summed E-state index contributed by atoms with van der Waals surface area (Å²) in [6.45, 7) is 12.1. The van der Waals surface area contributed by atoms with Crippen LogP contribution < -0.4 is 15.5 Å². The Morgan fingerprint density at radius 2 is 1.56 bits per heavy atom. The lowest BCUT2D eigenvalue weighted by atomic mass is 9.90. The topological polar surface area (TPSA) is 132 Å². The zero-order valence-corrected chi connectivity index (χ0v) is 31.1. The molecule has 274 valence electrons. The molecule has 0 bridgehead atoms. The van der Waals surface area contributed by atoms with Crippen molar-refractivity contribution in [3.8, 4) is 17.2 Å². The van der Waals surface area contributed by atoms with Crippen molar-refractivity contribution in [1.29, 1.82) is 5.26 Å². The molecule has 1 unspecified atom stereocenters. The molecule has 4 amide bonds. The third-order valence-electron chi connectivity index (χ3n) is 10.1. The van der Waals surface area contributed by atoms with Crippen molar-refractivity contribution in [1.82, 2.24) is 15.5 Å². The van der Waals surface area contributed by atoms with E-state index >= 15 is 0 Å². The number of amides is 4. The van der Waals surface area contributed by atoms with E-state index in [1.165, 1.54) is 5.56 Å². The molecule has 2 N–H and O–H groups in total. The number of nitrogens with one attached hydrogen (secondary N) is 2. The fourth-order valence-electron chi connectivity index (χ4n) is 6.95. The average molecular weight is 706 g/mol. The minimum absolute atomic E-state index is 0.0591. The van der Waals surface area contributed by atoms with Gasteiger partial charge >= 0.3 is 0 Å². The number of rotatable bonds is 12. The SMILES string of the molecule is CC(=O)N1CCCc2cc(-c3ccc(C(=O)NC(C)(C)CCOC(C)(C)CNC(=O)c4ccc(C5CCCN(C(=O)CC#N)C5)cc4)cc3)ccc21. The van der Waals surface area contributed by atoms with E-state index in [-0.39, 0.29) is 36.0 Å². The Hall–Kier alpha value is -5.01. The molecular formula is C42H51N5O5. The molecule has 3 aromatic carbocycles. The summed E-state index contributed by atoms with van der Waals surface area (Å²) in [4.78, 5) is 54.0. The highest BCUT2D eigenvalue weighted by atomic mass is 16.5. The van der Waals surface area contributed by atoms with Crippen LogP contribution in [0.25, 0.3) is 11.1 Å². The molecule has 0 aromatic heterocycles. The molecule has 10 nitrogen and oxygen atoms in total. The highest BCUT2D eigenvalue weighted by Gasteiger charge is 2.27. The van der Waals surface area contributed by atoms with Crippen LogP contribution in [0.2, 0.25) is 0 Å². The summed E-state index contributed by atoms with van der Waals surface area (Å²) in [5.41, 5.74) is 5.25. The zero-order valence-electron chi connectivity index (χ0n) is 31.1. The van der Waals surface area contributed by atoms with Gasteiger partial charge in [-0.25, -0.2) is 0 Å². The Morgan fingerprint density at radius 1 is 0.885 bits per heavy atom. The summed E-state index contributed by atoms with van der Waals surface area (Å²) in [7, 11) is 0. The minimum atomic E-state index is -0.631. The van der Waals surface area contributed by atoms with Crippen LogP contribution in [0.15, 0.2) is 66.7 Å². The van der Waals surface area contributed by atoms with Gasteiger partial charge in [-0.15, -0.1) is 0 Å². The molecule has 1 atom stereocenters. The van der Waals surface area contributed by atoms with Gasteiger partial charge in [0.1, 0.15) is 6.42 Å². The largest absolute Gasteiger partial charge is 0.374 e. The van der Waals surface area contributed by atoms with Crippen LogP contribution in [0.1, 0.15) is 104 Å². The second-order valence-electron chi connectivity index (χ2n) is 15.2. The third kappa shape index (κ3) is 9.86. The molecule has 52 heavy (non-hydrogen) atoms. The Balaban J connectivity index is 1.06. The van der Waals surface area contributed by atoms with E-state index in [1.54, 1.807) is 11.8 Å². The highest BCUT2D eigenvalue weighted by Crippen LogP contribution is 2.32. The molecule has 0 radical (unpaired) electrons. The Kier molecular flexibility index (Phi) is 12.2. The minimum Gasteiger partial charge on any atom is -0.374 e. The Morgan fingerprint density at radius 3 is 2.25 bits per heavy atom. The maximum Gasteiger partial charge on any atom is 0.251 e. The van der Waals surface area contributed by atoms with E-state index in [9.17, 15) is 19.2 Å². The summed E-state index contributed by atoms with van der Waals surface area (Å²) in [6, 6.07) is 23.2. The van der Waals surface area contributed by atoms with Crippen molar-refractivity contribution >= 4 is 29.3 Å². The van der Waals surface area contributed by atoms with Crippen molar-refractivity contribution in [2.45, 2.75) is 90.2 Å². The second kappa shape index (κ2) is 16.6. The predicted molar refractivity (Wildman–Crippen MR) is 202 cm³/mol. The van der Waals surface area contributed by atoms with Gasteiger partial charge in [0, 0.05) is 68.0 Å². The maximum atomic E-state index is 13.2. The molecule has 2 heterocycles. The fraction of sp³-hybridized carbons (Fsp3) is 0.452. The lowest BCUT2D eigenvalue weighted by Gasteiger charge is -2.32. The van der Waals surface area contributed by atoms with Crippen LogP contribution in [-0.4, -0.2) is 72.5 Å². The number of nitrogens with zero attached hydrogens (tertiary/aromatic N) is 3. The van der Waals surface area contributed by atoms with Crippen molar-refractivity contribution < 1.29 is 23.9 Å². The predicted octanol–water partition coefficient (Wildman–Crippen LogP) is 6.40. The molecule has 2 aliphatic rings. The molecular weight excluding hydrogens is 654 g/mol. The van der Waals surface area contributed by atoms with Gasteiger partial charge in [0.2, 0.25) is 11.8 Å². The van der Waals surface area contributed by atoms with Gasteiger partial charge in [-0.05, 0) is 118 Å². The van der Waals surface area contributed by atoms with Crippen LogP contribution in [0.5, 0.6) is 0 Å². The molecule has 0 spiro atoms.